The maximum absolute atomic E-state index is 14.5. The molecular formula is C26H23F2N7O. The van der Waals surface area contributed by atoms with Crippen molar-refractivity contribution in [3.8, 4) is 17.2 Å². The Morgan fingerprint density at radius 1 is 1.17 bits per heavy atom. The van der Waals surface area contributed by atoms with Crippen molar-refractivity contribution in [2.24, 2.45) is 11.1 Å². The predicted molar refractivity (Wildman–Crippen MR) is 126 cm³/mol. The van der Waals surface area contributed by atoms with Gasteiger partial charge in [-0.1, -0.05) is 19.9 Å². The Balaban J connectivity index is 1.46. The monoisotopic (exact) mass is 487 g/mol. The molecule has 1 saturated carbocycles. The summed E-state index contributed by atoms with van der Waals surface area (Å²) in [7, 11) is 0. The van der Waals surface area contributed by atoms with Crippen LogP contribution in [0, 0.1) is 17.0 Å². The van der Waals surface area contributed by atoms with Crippen molar-refractivity contribution in [3.63, 3.8) is 0 Å². The molecule has 0 saturated heterocycles. The summed E-state index contributed by atoms with van der Waals surface area (Å²) in [6, 6.07) is 9.13. The molecule has 10 heteroatoms. The van der Waals surface area contributed by atoms with Gasteiger partial charge in [-0.15, -0.1) is 5.10 Å². The second-order valence-corrected chi connectivity index (χ2v) is 9.99. The van der Waals surface area contributed by atoms with Gasteiger partial charge in [-0.05, 0) is 60.1 Å². The van der Waals surface area contributed by atoms with E-state index in [0.29, 0.717) is 11.6 Å². The zero-order valence-electron chi connectivity index (χ0n) is 19.7. The summed E-state index contributed by atoms with van der Waals surface area (Å²) >= 11 is 0. The molecule has 2 N–H and O–H groups in total. The molecule has 4 aromatic rings. The Morgan fingerprint density at radius 2 is 1.94 bits per heavy atom. The lowest BCUT2D eigenvalue weighted by Gasteiger charge is -2.37. The fourth-order valence-electron chi connectivity index (χ4n) is 6.20. The standard InChI is InChI=1S/C26H23F2N7O/c1-25(2)16-6-9-26(25,20-7-10-30-24(31-20)35-11-8-14(34-35)12-21(29)36)23-15(16)13-19(32-33-23)22-17(27)4-3-5-18(22)28/h3-5,7-8,10-11,13,16H,6,9,12H2,1-2H3,(H2,29,36)/t16-,26-/m0/s1. The SMILES string of the molecule is CC1(C)[C@H]2CC[C@]1(c1ccnc(-n3ccc(CC(N)=O)n3)n1)c1nnc(-c3c(F)cccc3F)cc12. The van der Waals surface area contributed by atoms with Gasteiger partial charge in [0.25, 0.3) is 5.95 Å². The first-order valence-corrected chi connectivity index (χ1v) is 11.7. The fraction of sp³-hybridized carbons (Fsp3) is 0.308. The van der Waals surface area contributed by atoms with Crippen molar-refractivity contribution in [2.45, 2.75) is 44.4 Å². The third kappa shape index (κ3) is 3.03. The van der Waals surface area contributed by atoms with E-state index in [0.717, 1.165) is 29.8 Å². The van der Waals surface area contributed by atoms with Gasteiger partial charge in [-0.25, -0.2) is 23.4 Å². The van der Waals surface area contributed by atoms with Crippen molar-refractivity contribution in [3.05, 3.63) is 83.1 Å². The van der Waals surface area contributed by atoms with Crippen LogP contribution in [0.4, 0.5) is 8.78 Å². The molecule has 0 aliphatic heterocycles. The molecule has 1 aromatic carbocycles. The first-order chi connectivity index (χ1) is 17.2. The Kier molecular flexibility index (Phi) is 4.79. The molecule has 182 valence electrons. The number of primary amides is 1. The van der Waals surface area contributed by atoms with E-state index in [2.05, 4.69) is 34.1 Å². The van der Waals surface area contributed by atoms with Crippen LogP contribution >= 0.6 is 0 Å². The van der Waals surface area contributed by atoms with E-state index in [4.69, 9.17) is 10.7 Å². The number of hydrogen-bond donors (Lipinski definition) is 1. The number of halogens is 2. The highest BCUT2D eigenvalue weighted by Crippen LogP contribution is 2.69. The largest absolute Gasteiger partial charge is 0.369 e. The highest BCUT2D eigenvalue weighted by molar-refractivity contribution is 5.76. The summed E-state index contributed by atoms with van der Waals surface area (Å²) in [5.41, 5.74) is 7.52. The molecule has 6 rings (SSSR count). The zero-order valence-corrected chi connectivity index (χ0v) is 19.7. The first-order valence-electron chi connectivity index (χ1n) is 11.7. The lowest BCUT2D eigenvalue weighted by molar-refractivity contribution is -0.117. The van der Waals surface area contributed by atoms with Gasteiger partial charge in [0.15, 0.2) is 0 Å². The highest BCUT2D eigenvalue weighted by Gasteiger charge is 2.65. The zero-order chi connectivity index (χ0) is 25.2. The molecule has 2 bridgehead atoms. The molecule has 1 amide bonds. The highest BCUT2D eigenvalue weighted by atomic mass is 19.1. The lowest BCUT2D eigenvalue weighted by atomic mass is 9.66. The molecule has 1 fully saturated rings. The quantitative estimate of drug-likeness (QED) is 0.460. The maximum Gasteiger partial charge on any atom is 0.250 e. The molecule has 3 heterocycles. The molecule has 3 aromatic heterocycles. The summed E-state index contributed by atoms with van der Waals surface area (Å²) in [5, 5.41) is 13.2. The summed E-state index contributed by atoms with van der Waals surface area (Å²) in [6.07, 6.45) is 5.09. The van der Waals surface area contributed by atoms with Crippen LogP contribution in [0.25, 0.3) is 17.2 Å². The number of amides is 1. The Hall–Kier alpha value is -4.08. The van der Waals surface area contributed by atoms with Crippen LogP contribution in [0.2, 0.25) is 0 Å². The third-order valence-electron chi connectivity index (χ3n) is 7.89. The van der Waals surface area contributed by atoms with Gasteiger partial charge in [-0.3, -0.25) is 4.79 Å². The van der Waals surface area contributed by atoms with E-state index in [1.165, 1.54) is 22.9 Å². The van der Waals surface area contributed by atoms with E-state index >= 15 is 0 Å². The smallest absolute Gasteiger partial charge is 0.250 e. The molecule has 0 radical (unpaired) electrons. The van der Waals surface area contributed by atoms with Gasteiger partial charge in [-0.2, -0.15) is 10.2 Å². The van der Waals surface area contributed by atoms with E-state index in [9.17, 15) is 13.6 Å². The summed E-state index contributed by atoms with van der Waals surface area (Å²) in [6.45, 7) is 4.35. The van der Waals surface area contributed by atoms with E-state index in [1.807, 2.05) is 6.07 Å². The molecule has 0 unspecified atom stereocenters. The van der Waals surface area contributed by atoms with Crippen molar-refractivity contribution in [1.29, 1.82) is 0 Å². The summed E-state index contributed by atoms with van der Waals surface area (Å²) in [4.78, 5) is 20.5. The maximum atomic E-state index is 14.5. The Bertz CT molecular complexity index is 1510. The van der Waals surface area contributed by atoms with E-state index < -0.39 is 23.0 Å². The van der Waals surface area contributed by atoms with Gasteiger partial charge < -0.3 is 5.73 Å². The van der Waals surface area contributed by atoms with Crippen LogP contribution in [0.15, 0.2) is 48.8 Å². The minimum atomic E-state index is -0.670. The number of hydrogen-bond acceptors (Lipinski definition) is 6. The summed E-state index contributed by atoms with van der Waals surface area (Å²) in [5.74, 6) is -1.32. The molecule has 8 nitrogen and oxygen atoms in total. The topological polar surface area (TPSA) is 112 Å². The minimum absolute atomic E-state index is 0.0270. The van der Waals surface area contributed by atoms with Gasteiger partial charge in [0.1, 0.15) is 11.6 Å². The minimum Gasteiger partial charge on any atom is -0.369 e. The number of aromatic nitrogens is 6. The first kappa shape index (κ1) is 22.4. The molecular weight excluding hydrogens is 464 g/mol. The predicted octanol–water partition coefficient (Wildman–Crippen LogP) is 3.63. The number of benzene rings is 1. The van der Waals surface area contributed by atoms with E-state index in [-0.39, 0.29) is 29.0 Å². The normalized spacial score (nSPS) is 21.5. The van der Waals surface area contributed by atoms with Gasteiger partial charge in [0, 0.05) is 12.4 Å². The van der Waals surface area contributed by atoms with E-state index in [1.54, 1.807) is 24.5 Å². The molecule has 2 atom stereocenters. The van der Waals surface area contributed by atoms with Crippen molar-refractivity contribution in [1.82, 2.24) is 29.9 Å². The number of nitrogens with two attached hydrogens (primary N) is 1. The van der Waals surface area contributed by atoms with Crippen LogP contribution in [0.1, 0.15) is 55.3 Å². The third-order valence-corrected chi connectivity index (χ3v) is 7.89. The number of carbonyl (C=O) groups is 1. The Labute approximate surface area is 205 Å². The molecule has 0 spiro atoms. The van der Waals surface area contributed by atoms with Gasteiger partial charge in [0.05, 0.1) is 40.2 Å². The van der Waals surface area contributed by atoms with Crippen LogP contribution in [0.3, 0.4) is 0 Å². The van der Waals surface area contributed by atoms with Crippen molar-refractivity contribution in [2.75, 3.05) is 0 Å². The molecule has 2 aliphatic carbocycles. The molecule has 2 aliphatic rings. The number of nitrogens with zero attached hydrogens (tertiary/aromatic N) is 6. The second-order valence-electron chi connectivity index (χ2n) is 9.99. The number of carbonyl (C=O) groups excluding carboxylic acids is 1. The van der Waals surface area contributed by atoms with Crippen molar-refractivity contribution < 1.29 is 13.6 Å². The van der Waals surface area contributed by atoms with Crippen LogP contribution in [-0.4, -0.2) is 35.9 Å². The average Bonchev–Trinajstić information content (AvgIpc) is 3.46. The second kappa shape index (κ2) is 7.71. The summed E-state index contributed by atoms with van der Waals surface area (Å²) < 4.78 is 30.5. The van der Waals surface area contributed by atoms with Crippen LogP contribution in [0.5, 0.6) is 0 Å². The lowest BCUT2D eigenvalue weighted by Crippen LogP contribution is -2.38. The van der Waals surface area contributed by atoms with Crippen molar-refractivity contribution >= 4 is 5.91 Å². The van der Waals surface area contributed by atoms with Crippen LogP contribution < -0.4 is 5.73 Å². The molecule has 36 heavy (non-hydrogen) atoms. The van der Waals surface area contributed by atoms with Gasteiger partial charge in [0.2, 0.25) is 5.91 Å². The van der Waals surface area contributed by atoms with Gasteiger partial charge >= 0.3 is 0 Å². The number of fused-ring (bicyclic) bond motifs is 5. The van der Waals surface area contributed by atoms with Crippen LogP contribution in [-0.2, 0) is 16.6 Å². The Morgan fingerprint density at radius 3 is 2.69 bits per heavy atom. The average molecular weight is 488 g/mol. The fourth-order valence-corrected chi connectivity index (χ4v) is 6.20. The number of rotatable bonds is 5.